The van der Waals surface area contributed by atoms with Crippen LogP contribution in [0, 0.1) is 0 Å². The van der Waals surface area contributed by atoms with Gasteiger partial charge in [0.15, 0.2) is 0 Å². The second-order valence-electron chi connectivity index (χ2n) is 4.80. The lowest BCUT2D eigenvalue weighted by atomic mass is 10.3. The van der Waals surface area contributed by atoms with E-state index < -0.39 is 10.0 Å². The van der Waals surface area contributed by atoms with E-state index in [2.05, 4.69) is 30.5 Å². The number of anilines is 1. The summed E-state index contributed by atoms with van der Waals surface area (Å²) in [6, 6.07) is 9.01. The summed E-state index contributed by atoms with van der Waals surface area (Å²) in [5.41, 5.74) is 0. The van der Waals surface area contributed by atoms with E-state index >= 15 is 0 Å². The molecule has 1 N–H and O–H groups in total. The molecule has 1 saturated heterocycles. The first-order valence-corrected chi connectivity index (χ1v) is 9.57. The van der Waals surface area contributed by atoms with Gasteiger partial charge in [-0.3, -0.25) is 0 Å². The molecule has 1 fully saturated rings. The largest absolute Gasteiger partial charge is 0.355 e. The van der Waals surface area contributed by atoms with Crippen LogP contribution >= 0.6 is 27.3 Å². The number of nitrogens with zero attached hydrogens (tertiary/aromatic N) is 2. The normalized spacial score (nSPS) is 19.1. The van der Waals surface area contributed by atoms with Gasteiger partial charge in [0.2, 0.25) is 10.0 Å². The first-order chi connectivity index (χ1) is 10.0. The molecule has 0 radical (unpaired) electrons. The van der Waals surface area contributed by atoms with E-state index in [9.17, 15) is 8.42 Å². The van der Waals surface area contributed by atoms with Crippen LogP contribution in [0.25, 0.3) is 0 Å². The van der Waals surface area contributed by atoms with Gasteiger partial charge >= 0.3 is 0 Å². The summed E-state index contributed by atoms with van der Waals surface area (Å²) < 4.78 is 28.5. The second kappa shape index (κ2) is 6.04. The van der Waals surface area contributed by atoms with E-state index in [1.54, 1.807) is 18.3 Å². The lowest BCUT2D eigenvalue weighted by molar-refractivity contribution is 0.563. The standard InChI is InChI=1S/C13H14BrN3O2S2/c14-11-4-5-13(20-11)21(18,19)16-10-6-8-17(9-10)12-3-1-2-7-15-12/h1-5,7,10,16H,6,8-9H2. The molecule has 0 aliphatic carbocycles. The van der Waals surface area contributed by atoms with Crippen molar-refractivity contribution in [1.29, 1.82) is 0 Å². The summed E-state index contributed by atoms with van der Waals surface area (Å²) in [4.78, 5) is 6.39. The lowest BCUT2D eigenvalue weighted by Gasteiger charge is -2.17. The molecule has 1 aliphatic heterocycles. The second-order valence-corrected chi connectivity index (χ2v) is 9.20. The third-order valence-electron chi connectivity index (χ3n) is 3.30. The van der Waals surface area contributed by atoms with Crippen LogP contribution in [-0.2, 0) is 10.0 Å². The molecule has 0 spiro atoms. The fourth-order valence-electron chi connectivity index (χ4n) is 2.32. The fourth-order valence-corrected chi connectivity index (χ4v) is 5.61. The molecule has 1 aliphatic rings. The van der Waals surface area contributed by atoms with E-state index in [1.165, 1.54) is 11.3 Å². The average Bonchev–Trinajstić information content (AvgIpc) is 3.09. The molecule has 112 valence electrons. The zero-order chi connectivity index (χ0) is 14.9. The first-order valence-electron chi connectivity index (χ1n) is 6.48. The first kappa shape index (κ1) is 15.0. The molecule has 1 atom stereocenters. The third-order valence-corrected chi connectivity index (χ3v) is 6.93. The Kier molecular flexibility index (Phi) is 4.30. The summed E-state index contributed by atoms with van der Waals surface area (Å²) in [6.45, 7) is 1.45. The number of sulfonamides is 1. The number of pyridine rings is 1. The van der Waals surface area contributed by atoms with E-state index in [0.29, 0.717) is 10.8 Å². The smallest absolute Gasteiger partial charge is 0.250 e. The number of rotatable bonds is 4. The zero-order valence-corrected chi connectivity index (χ0v) is 14.3. The molecule has 0 saturated carbocycles. The summed E-state index contributed by atoms with van der Waals surface area (Å²) in [7, 11) is -3.44. The molecule has 0 amide bonds. The summed E-state index contributed by atoms with van der Waals surface area (Å²) in [5.74, 6) is 0.887. The molecule has 0 aromatic carbocycles. The molecular weight excluding hydrogens is 374 g/mol. The summed E-state index contributed by atoms with van der Waals surface area (Å²) in [5, 5.41) is 0. The monoisotopic (exact) mass is 387 g/mol. The Morgan fingerprint density at radius 3 is 2.86 bits per heavy atom. The van der Waals surface area contributed by atoms with Crippen LogP contribution in [0.4, 0.5) is 5.82 Å². The molecule has 8 heteroatoms. The highest BCUT2D eigenvalue weighted by Gasteiger charge is 2.28. The molecule has 2 aromatic rings. The molecule has 3 rings (SSSR count). The van der Waals surface area contributed by atoms with Gasteiger partial charge in [-0.2, -0.15) is 0 Å². The summed E-state index contributed by atoms with van der Waals surface area (Å²) >= 11 is 4.50. The van der Waals surface area contributed by atoms with E-state index in [4.69, 9.17) is 0 Å². The molecular formula is C13H14BrN3O2S2. The Hall–Kier alpha value is -0.960. The number of hydrogen-bond donors (Lipinski definition) is 1. The van der Waals surface area contributed by atoms with Crippen LogP contribution in [0.5, 0.6) is 0 Å². The van der Waals surface area contributed by atoms with Crippen molar-refractivity contribution in [2.45, 2.75) is 16.7 Å². The number of nitrogens with one attached hydrogen (secondary N) is 1. The molecule has 0 bridgehead atoms. The van der Waals surface area contributed by atoms with Gasteiger partial charge in [-0.15, -0.1) is 11.3 Å². The Balaban J connectivity index is 1.67. The predicted octanol–water partition coefficient (Wildman–Crippen LogP) is 2.46. The van der Waals surface area contributed by atoms with Crippen molar-refractivity contribution in [3.63, 3.8) is 0 Å². The van der Waals surface area contributed by atoms with Gasteiger partial charge < -0.3 is 4.90 Å². The third kappa shape index (κ3) is 3.45. The van der Waals surface area contributed by atoms with Crippen molar-refractivity contribution in [3.8, 4) is 0 Å². The van der Waals surface area contributed by atoms with Crippen molar-refractivity contribution >= 4 is 43.1 Å². The van der Waals surface area contributed by atoms with Crippen LogP contribution < -0.4 is 9.62 Å². The fraction of sp³-hybridized carbons (Fsp3) is 0.308. The van der Waals surface area contributed by atoms with Crippen molar-refractivity contribution < 1.29 is 8.42 Å². The SMILES string of the molecule is O=S(=O)(NC1CCN(c2ccccn2)C1)c1ccc(Br)s1. The van der Waals surface area contributed by atoms with Crippen molar-refractivity contribution in [3.05, 3.63) is 40.3 Å². The topological polar surface area (TPSA) is 62.3 Å². The van der Waals surface area contributed by atoms with Gasteiger partial charge in [-0.05, 0) is 46.6 Å². The Morgan fingerprint density at radius 2 is 2.19 bits per heavy atom. The maximum absolute atomic E-state index is 12.3. The highest BCUT2D eigenvalue weighted by molar-refractivity contribution is 9.11. The van der Waals surface area contributed by atoms with Gasteiger partial charge in [-0.1, -0.05) is 6.07 Å². The molecule has 2 aromatic heterocycles. The van der Waals surface area contributed by atoms with Gasteiger partial charge in [-0.25, -0.2) is 18.1 Å². The van der Waals surface area contributed by atoms with Gasteiger partial charge in [0.1, 0.15) is 10.0 Å². The Bertz CT molecular complexity index is 718. The molecule has 3 heterocycles. The van der Waals surface area contributed by atoms with Crippen LogP contribution in [0.3, 0.4) is 0 Å². The van der Waals surface area contributed by atoms with Crippen molar-refractivity contribution in [2.75, 3.05) is 18.0 Å². The van der Waals surface area contributed by atoms with Gasteiger partial charge in [0.05, 0.1) is 3.79 Å². The van der Waals surface area contributed by atoms with E-state index in [1.807, 2.05) is 18.2 Å². The Labute approximate surface area is 136 Å². The maximum atomic E-state index is 12.3. The molecule has 21 heavy (non-hydrogen) atoms. The minimum atomic E-state index is -3.44. The number of thiophene rings is 1. The number of halogens is 1. The van der Waals surface area contributed by atoms with Crippen LogP contribution in [0.15, 0.2) is 44.5 Å². The number of hydrogen-bond acceptors (Lipinski definition) is 5. The summed E-state index contributed by atoms with van der Waals surface area (Å²) in [6.07, 6.45) is 2.53. The van der Waals surface area contributed by atoms with E-state index in [-0.39, 0.29) is 6.04 Å². The van der Waals surface area contributed by atoms with Gasteiger partial charge in [0.25, 0.3) is 0 Å². The minimum absolute atomic E-state index is 0.0853. The predicted molar refractivity (Wildman–Crippen MR) is 87.2 cm³/mol. The molecule has 5 nitrogen and oxygen atoms in total. The Morgan fingerprint density at radius 1 is 1.33 bits per heavy atom. The van der Waals surface area contributed by atoms with Crippen LogP contribution in [0.2, 0.25) is 0 Å². The molecule has 1 unspecified atom stereocenters. The average molecular weight is 388 g/mol. The quantitative estimate of drug-likeness (QED) is 0.874. The number of aromatic nitrogens is 1. The van der Waals surface area contributed by atoms with Crippen LogP contribution in [0.1, 0.15) is 6.42 Å². The zero-order valence-electron chi connectivity index (χ0n) is 11.1. The lowest BCUT2D eigenvalue weighted by Crippen LogP contribution is -2.36. The maximum Gasteiger partial charge on any atom is 0.250 e. The van der Waals surface area contributed by atoms with E-state index in [0.717, 1.165) is 22.6 Å². The highest BCUT2D eigenvalue weighted by Crippen LogP contribution is 2.27. The van der Waals surface area contributed by atoms with Gasteiger partial charge in [0, 0.05) is 25.3 Å². The minimum Gasteiger partial charge on any atom is -0.355 e. The van der Waals surface area contributed by atoms with Crippen molar-refractivity contribution in [1.82, 2.24) is 9.71 Å². The highest BCUT2D eigenvalue weighted by atomic mass is 79.9. The van der Waals surface area contributed by atoms with Crippen molar-refractivity contribution in [2.24, 2.45) is 0 Å². The van der Waals surface area contributed by atoms with Crippen LogP contribution in [-0.4, -0.2) is 32.5 Å².